The predicted octanol–water partition coefficient (Wildman–Crippen LogP) is 0.830. The van der Waals surface area contributed by atoms with Crippen molar-refractivity contribution in [1.29, 1.82) is 0 Å². The van der Waals surface area contributed by atoms with Crippen LogP contribution in [0.2, 0.25) is 0 Å². The minimum atomic E-state index is -0.163. The number of β-amino-alcohol motifs (C(OH)–C–C–N with tert-alkyl or cyclic N) is 1. The van der Waals surface area contributed by atoms with Gasteiger partial charge >= 0.3 is 0 Å². The van der Waals surface area contributed by atoms with E-state index in [0.29, 0.717) is 12.0 Å². The number of hydrogen-bond acceptors (Lipinski definition) is 3. The van der Waals surface area contributed by atoms with Gasteiger partial charge in [-0.15, -0.1) is 0 Å². The largest absolute Gasteiger partial charge is 0.390 e. The van der Waals surface area contributed by atoms with Crippen molar-refractivity contribution in [3.63, 3.8) is 0 Å². The van der Waals surface area contributed by atoms with Gasteiger partial charge in [-0.05, 0) is 18.8 Å². The first-order valence-electron chi connectivity index (χ1n) is 6.33. The highest BCUT2D eigenvalue weighted by Gasteiger charge is 2.36. The number of nitrogens with zero attached hydrogens (tertiary/aromatic N) is 1. The molecule has 0 aromatic heterocycles. The summed E-state index contributed by atoms with van der Waals surface area (Å²) in [7, 11) is 0. The molecule has 3 nitrogen and oxygen atoms in total. The summed E-state index contributed by atoms with van der Waals surface area (Å²) in [5.74, 6) is 0.693. The van der Waals surface area contributed by atoms with Crippen LogP contribution in [0.3, 0.4) is 0 Å². The molecule has 2 fully saturated rings. The van der Waals surface area contributed by atoms with Crippen molar-refractivity contribution in [3.05, 3.63) is 0 Å². The van der Waals surface area contributed by atoms with E-state index in [2.05, 4.69) is 24.1 Å². The molecule has 1 saturated heterocycles. The molecule has 2 atom stereocenters. The van der Waals surface area contributed by atoms with Crippen molar-refractivity contribution < 1.29 is 5.11 Å². The van der Waals surface area contributed by atoms with Crippen LogP contribution in [-0.4, -0.2) is 47.8 Å². The first-order chi connectivity index (χ1) is 7.18. The lowest BCUT2D eigenvalue weighted by Gasteiger charge is -2.43. The number of aliphatic hydroxyl groups is 1. The Kier molecular flexibility index (Phi) is 3.65. The van der Waals surface area contributed by atoms with Gasteiger partial charge in [-0.25, -0.2) is 0 Å². The maximum Gasteiger partial charge on any atom is 0.0831 e. The van der Waals surface area contributed by atoms with Crippen LogP contribution in [0.1, 0.15) is 33.1 Å². The smallest absolute Gasteiger partial charge is 0.0831 e. The van der Waals surface area contributed by atoms with Gasteiger partial charge in [-0.1, -0.05) is 20.3 Å². The highest BCUT2D eigenvalue weighted by atomic mass is 16.3. The molecule has 1 aliphatic carbocycles. The minimum Gasteiger partial charge on any atom is -0.390 e. The van der Waals surface area contributed by atoms with Gasteiger partial charge < -0.3 is 10.4 Å². The molecule has 15 heavy (non-hydrogen) atoms. The van der Waals surface area contributed by atoms with Gasteiger partial charge in [-0.2, -0.15) is 0 Å². The molecule has 0 amide bonds. The van der Waals surface area contributed by atoms with Gasteiger partial charge in [-0.3, -0.25) is 4.90 Å². The number of nitrogens with one attached hydrogen (secondary N) is 1. The van der Waals surface area contributed by atoms with Crippen molar-refractivity contribution >= 4 is 0 Å². The van der Waals surface area contributed by atoms with Gasteiger partial charge in [0, 0.05) is 31.7 Å². The Labute approximate surface area is 92.8 Å². The number of hydrogen-bond donors (Lipinski definition) is 2. The summed E-state index contributed by atoms with van der Waals surface area (Å²) < 4.78 is 0. The van der Waals surface area contributed by atoms with E-state index in [4.69, 9.17) is 0 Å². The predicted molar refractivity (Wildman–Crippen MR) is 61.8 cm³/mol. The molecule has 2 aliphatic rings. The van der Waals surface area contributed by atoms with Crippen LogP contribution in [0.15, 0.2) is 0 Å². The van der Waals surface area contributed by atoms with Gasteiger partial charge in [0.2, 0.25) is 0 Å². The van der Waals surface area contributed by atoms with E-state index in [9.17, 15) is 5.11 Å². The highest BCUT2D eigenvalue weighted by Crippen LogP contribution is 2.28. The molecule has 1 heterocycles. The SMILES string of the molecule is CC(C)CN(C1CCC1)[C@@H]1CNC[C@H]1O. The molecule has 1 saturated carbocycles. The van der Waals surface area contributed by atoms with Crippen LogP contribution in [0.5, 0.6) is 0 Å². The zero-order valence-corrected chi connectivity index (χ0v) is 9.95. The zero-order valence-electron chi connectivity index (χ0n) is 9.95. The van der Waals surface area contributed by atoms with Crippen LogP contribution in [0.25, 0.3) is 0 Å². The molecule has 0 radical (unpaired) electrons. The maximum atomic E-state index is 9.94. The second-order valence-corrected chi connectivity index (χ2v) is 5.47. The third-order valence-corrected chi connectivity index (χ3v) is 3.70. The van der Waals surface area contributed by atoms with Crippen molar-refractivity contribution in [2.24, 2.45) is 5.92 Å². The maximum absolute atomic E-state index is 9.94. The quantitative estimate of drug-likeness (QED) is 0.724. The monoisotopic (exact) mass is 212 g/mol. The van der Waals surface area contributed by atoms with Crippen LogP contribution in [0.4, 0.5) is 0 Å². The summed E-state index contributed by atoms with van der Waals surface area (Å²) >= 11 is 0. The molecular weight excluding hydrogens is 188 g/mol. The summed E-state index contributed by atoms with van der Waals surface area (Å²) in [5.41, 5.74) is 0. The molecule has 88 valence electrons. The second kappa shape index (κ2) is 4.81. The summed E-state index contributed by atoms with van der Waals surface area (Å²) in [6, 6.07) is 1.10. The van der Waals surface area contributed by atoms with E-state index >= 15 is 0 Å². The van der Waals surface area contributed by atoms with Crippen molar-refractivity contribution in [1.82, 2.24) is 10.2 Å². The summed E-state index contributed by atoms with van der Waals surface area (Å²) in [5, 5.41) is 13.2. The number of rotatable bonds is 4. The highest BCUT2D eigenvalue weighted by molar-refractivity contribution is 4.94. The standard InChI is InChI=1S/C12H24N2O/c1-9(2)8-14(10-4-3-5-10)11-6-13-7-12(11)15/h9-13,15H,3-8H2,1-2H3/t11-,12-/m1/s1. The fourth-order valence-corrected chi connectivity index (χ4v) is 2.68. The Hall–Kier alpha value is -0.120. The molecule has 0 bridgehead atoms. The minimum absolute atomic E-state index is 0.163. The van der Waals surface area contributed by atoms with Gasteiger partial charge in [0.25, 0.3) is 0 Å². The lowest BCUT2D eigenvalue weighted by atomic mass is 9.89. The topological polar surface area (TPSA) is 35.5 Å². The Morgan fingerprint density at radius 3 is 2.47 bits per heavy atom. The first-order valence-corrected chi connectivity index (χ1v) is 6.33. The average molecular weight is 212 g/mol. The molecule has 3 heteroatoms. The Morgan fingerprint density at radius 1 is 1.33 bits per heavy atom. The van der Waals surface area contributed by atoms with Crippen LogP contribution in [-0.2, 0) is 0 Å². The lowest BCUT2D eigenvalue weighted by Crippen LogP contribution is -2.52. The molecule has 2 N–H and O–H groups in total. The third kappa shape index (κ3) is 2.52. The Morgan fingerprint density at radius 2 is 2.07 bits per heavy atom. The normalized spacial score (nSPS) is 32.6. The average Bonchev–Trinajstić information content (AvgIpc) is 2.46. The van der Waals surface area contributed by atoms with Crippen LogP contribution < -0.4 is 5.32 Å². The zero-order chi connectivity index (χ0) is 10.8. The van der Waals surface area contributed by atoms with E-state index in [0.717, 1.165) is 25.7 Å². The van der Waals surface area contributed by atoms with E-state index in [1.807, 2.05) is 0 Å². The Bertz CT molecular complexity index is 204. The molecule has 0 aromatic carbocycles. The fourth-order valence-electron chi connectivity index (χ4n) is 2.68. The molecular formula is C12H24N2O. The van der Waals surface area contributed by atoms with Crippen LogP contribution in [0, 0.1) is 5.92 Å². The summed E-state index contributed by atoms with van der Waals surface area (Å²) in [6.45, 7) is 7.39. The molecule has 1 aliphatic heterocycles. The molecule has 0 spiro atoms. The summed E-state index contributed by atoms with van der Waals surface area (Å²) in [6.07, 6.45) is 3.87. The molecule has 0 unspecified atom stereocenters. The molecule has 0 aromatic rings. The number of aliphatic hydroxyl groups excluding tert-OH is 1. The third-order valence-electron chi connectivity index (χ3n) is 3.70. The molecule has 2 rings (SSSR count). The lowest BCUT2D eigenvalue weighted by molar-refractivity contribution is 0.0187. The van der Waals surface area contributed by atoms with Crippen LogP contribution >= 0.6 is 0 Å². The van der Waals surface area contributed by atoms with E-state index < -0.39 is 0 Å². The van der Waals surface area contributed by atoms with Crippen molar-refractivity contribution in [2.45, 2.75) is 51.3 Å². The second-order valence-electron chi connectivity index (χ2n) is 5.47. The van der Waals surface area contributed by atoms with Gasteiger partial charge in [0.05, 0.1) is 6.10 Å². The Balaban J connectivity index is 1.96. The van der Waals surface area contributed by atoms with Gasteiger partial charge in [0.15, 0.2) is 0 Å². The first kappa shape index (κ1) is 11.4. The van der Waals surface area contributed by atoms with E-state index in [1.165, 1.54) is 19.3 Å². The van der Waals surface area contributed by atoms with Crippen molar-refractivity contribution in [3.8, 4) is 0 Å². The van der Waals surface area contributed by atoms with E-state index in [-0.39, 0.29) is 6.10 Å². The van der Waals surface area contributed by atoms with E-state index in [1.54, 1.807) is 0 Å². The fraction of sp³-hybridized carbons (Fsp3) is 1.00. The van der Waals surface area contributed by atoms with Crippen molar-refractivity contribution in [2.75, 3.05) is 19.6 Å². The summed E-state index contributed by atoms with van der Waals surface area (Å²) in [4.78, 5) is 2.55. The van der Waals surface area contributed by atoms with Gasteiger partial charge in [0.1, 0.15) is 0 Å².